The number of allylic oxidation sites excluding steroid dienone is 1. The molecule has 0 fully saturated rings. The molecule has 0 unspecified atom stereocenters. The summed E-state index contributed by atoms with van der Waals surface area (Å²) in [5.74, 6) is -1.34. The first-order chi connectivity index (χ1) is 8.56. The van der Waals surface area contributed by atoms with Crippen LogP contribution in [0, 0.1) is 11.6 Å². The van der Waals surface area contributed by atoms with Gasteiger partial charge < -0.3 is 4.90 Å². The summed E-state index contributed by atoms with van der Waals surface area (Å²) in [6.45, 7) is 4.03. The van der Waals surface area contributed by atoms with Gasteiger partial charge in [0.2, 0.25) is 5.91 Å². The van der Waals surface area contributed by atoms with Crippen LogP contribution in [0.2, 0.25) is 0 Å². The van der Waals surface area contributed by atoms with Crippen molar-refractivity contribution in [2.24, 2.45) is 0 Å². The molecule has 96 valence electrons. The van der Waals surface area contributed by atoms with Crippen molar-refractivity contribution in [3.63, 3.8) is 0 Å². The molecule has 1 amide bonds. The van der Waals surface area contributed by atoms with Gasteiger partial charge >= 0.3 is 0 Å². The van der Waals surface area contributed by atoms with Gasteiger partial charge in [-0.3, -0.25) is 4.79 Å². The molecular formula is C14H15F2NO. The number of halogens is 2. The number of carbonyl (C=O) groups excluding carboxylic acids is 1. The molecule has 0 radical (unpaired) electrons. The van der Waals surface area contributed by atoms with E-state index >= 15 is 0 Å². The summed E-state index contributed by atoms with van der Waals surface area (Å²) in [5.41, 5.74) is 1.15. The van der Waals surface area contributed by atoms with Gasteiger partial charge in [0, 0.05) is 13.0 Å². The molecule has 0 aromatic heterocycles. The standard InChI is InChI=1S/C14H15F2NO/c1-3-17-12(18)8-7-9(2)14(17)13-10(15)5-4-6-11(13)16/h4-6H,3,7-8H2,1-2H3. The fourth-order valence-corrected chi connectivity index (χ4v) is 2.31. The monoisotopic (exact) mass is 251 g/mol. The molecule has 1 aliphatic heterocycles. The third-order valence-electron chi connectivity index (χ3n) is 3.20. The van der Waals surface area contributed by atoms with Gasteiger partial charge in [0.05, 0.1) is 11.3 Å². The Morgan fingerprint density at radius 2 is 1.83 bits per heavy atom. The maximum Gasteiger partial charge on any atom is 0.227 e. The normalized spacial score (nSPS) is 16.4. The average Bonchev–Trinajstić information content (AvgIpc) is 2.33. The van der Waals surface area contributed by atoms with Crippen LogP contribution in [-0.4, -0.2) is 17.4 Å². The lowest BCUT2D eigenvalue weighted by Gasteiger charge is -2.31. The Balaban J connectivity index is 2.63. The summed E-state index contributed by atoms with van der Waals surface area (Å²) in [6, 6.07) is 3.75. The molecule has 0 saturated carbocycles. The highest BCUT2D eigenvalue weighted by Crippen LogP contribution is 2.33. The number of carbonyl (C=O) groups is 1. The average molecular weight is 251 g/mol. The van der Waals surface area contributed by atoms with Crippen LogP contribution in [0.3, 0.4) is 0 Å². The zero-order valence-corrected chi connectivity index (χ0v) is 10.5. The van der Waals surface area contributed by atoms with E-state index in [1.807, 2.05) is 6.92 Å². The minimum absolute atomic E-state index is 0.0826. The molecular weight excluding hydrogens is 236 g/mol. The summed E-state index contributed by atoms with van der Waals surface area (Å²) in [6.07, 6.45) is 0.956. The molecule has 1 aliphatic rings. The first-order valence-electron chi connectivity index (χ1n) is 6.00. The number of rotatable bonds is 2. The maximum atomic E-state index is 13.8. The second-order valence-electron chi connectivity index (χ2n) is 4.36. The van der Waals surface area contributed by atoms with E-state index in [1.165, 1.54) is 23.1 Å². The molecule has 0 aliphatic carbocycles. The van der Waals surface area contributed by atoms with E-state index in [4.69, 9.17) is 0 Å². The minimum atomic E-state index is -0.627. The topological polar surface area (TPSA) is 20.3 Å². The Morgan fingerprint density at radius 1 is 1.22 bits per heavy atom. The SMILES string of the molecule is CCN1C(=O)CCC(C)=C1c1c(F)cccc1F. The highest BCUT2D eigenvalue weighted by Gasteiger charge is 2.28. The molecule has 0 spiro atoms. The number of benzene rings is 1. The van der Waals surface area contributed by atoms with Gasteiger partial charge in [-0.2, -0.15) is 0 Å². The van der Waals surface area contributed by atoms with Crippen molar-refractivity contribution in [2.75, 3.05) is 6.54 Å². The summed E-state index contributed by atoms with van der Waals surface area (Å²) in [4.78, 5) is 13.3. The molecule has 2 rings (SSSR count). The predicted molar refractivity (Wildman–Crippen MR) is 65.6 cm³/mol. The largest absolute Gasteiger partial charge is 0.312 e. The lowest BCUT2D eigenvalue weighted by atomic mass is 9.97. The highest BCUT2D eigenvalue weighted by atomic mass is 19.1. The number of hydrogen-bond acceptors (Lipinski definition) is 1. The van der Waals surface area contributed by atoms with Crippen LogP contribution in [0.25, 0.3) is 5.70 Å². The predicted octanol–water partition coefficient (Wildman–Crippen LogP) is 3.34. The summed E-state index contributed by atoms with van der Waals surface area (Å²) < 4.78 is 27.7. The fraction of sp³-hybridized carbons (Fsp3) is 0.357. The van der Waals surface area contributed by atoms with Gasteiger partial charge in [-0.15, -0.1) is 0 Å². The first kappa shape index (κ1) is 12.7. The van der Waals surface area contributed by atoms with Crippen molar-refractivity contribution in [1.29, 1.82) is 0 Å². The van der Waals surface area contributed by atoms with Crippen molar-refractivity contribution >= 4 is 11.6 Å². The molecule has 0 bridgehead atoms. The van der Waals surface area contributed by atoms with Gasteiger partial charge in [0.15, 0.2) is 0 Å². The van der Waals surface area contributed by atoms with Crippen molar-refractivity contribution in [1.82, 2.24) is 4.90 Å². The number of amides is 1. The van der Waals surface area contributed by atoms with E-state index in [-0.39, 0.29) is 11.5 Å². The van der Waals surface area contributed by atoms with Gasteiger partial charge in [-0.1, -0.05) is 6.07 Å². The van der Waals surface area contributed by atoms with Crippen LogP contribution in [0.4, 0.5) is 8.78 Å². The zero-order valence-electron chi connectivity index (χ0n) is 10.5. The molecule has 0 N–H and O–H groups in total. The van der Waals surface area contributed by atoms with Crippen molar-refractivity contribution in [3.05, 3.63) is 41.0 Å². The minimum Gasteiger partial charge on any atom is -0.312 e. The molecule has 4 heteroatoms. The van der Waals surface area contributed by atoms with Crippen LogP contribution in [0.5, 0.6) is 0 Å². The highest BCUT2D eigenvalue weighted by molar-refractivity contribution is 5.90. The summed E-state index contributed by atoms with van der Waals surface area (Å²) in [7, 11) is 0. The smallest absolute Gasteiger partial charge is 0.227 e. The van der Waals surface area contributed by atoms with Gasteiger partial charge in [0.1, 0.15) is 11.6 Å². The van der Waals surface area contributed by atoms with Crippen LogP contribution in [0.1, 0.15) is 32.3 Å². The van der Waals surface area contributed by atoms with Gasteiger partial charge in [-0.25, -0.2) is 8.78 Å². The Hall–Kier alpha value is -1.71. The maximum absolute atomic E-state index is 13.8. The van der Waals surface area contributed by atoms with Crippen molar-refractivity contribution in [2.45, 2.75) is 26.7 Å². The van der Waals surface area contributed by atoms with E-state index in [1.54, 1.807) is 6.92 Å². The first-order valence-corrected chi connectivity index (χ1v) is 6.00. The van der Waals surface area contributed by atoms with Crippen molar-refractivity contribution in [3.8, 4) is 0 Å². The number of nitrogens with zero attached hydrogens (tertiary/aromatic N) is 1. The molecule has 18 heavy (non-hydrogen) atoms. The number of hydrogen-bond donors (Lipinski definition) is 0. The molecule has 2 nitrogen and oxygen atoms in total. The van der Waals surface area contributed by atoms with Crippen LogP contribution >= 0.6 is 0 Å². The molecule has 0 saturated heterocycles. The molecule has 1 aromatic rings. The van der Waals surface area contributed by atoms with Crippen LogP contribution < -0.4 is 0 Å². The molecule has 1 heterocycles. The quantitative estimate of drug-likeness (QED) is 0.789. The summed E-state index contributed by atoms with van der Waals surface area (Å²) in [5, 5.41) is 0. The van der Waals surface area contributed by atoms with E-state index in [0.717, 1.165) is 5.57 Å². The molecule has 0 atom stereocenters. The van der Waals surface area contributed by atoms with E-state index in [9.17, 15) is 13.6 Å². The molecule has 1 aromatic carbocycles. The Bertz CT molecular complexity index is 502. The zero-order chi connectivity index (χ0) is 13.3. The third kappa shape index (κ3) is 2.03. The van der Waals surface area contributed by atoms with Crippen molar-refractivity contribution < 1.29 is 13.6 Å². The second-order valence-corrected chi connectivity index (χ2v) is 4.36. The van der Waals surface area contributed by atoms with Gasteiger partial charge in [0.25, 0.3) is 0 Å². The third-order valence-corrected chi connectivity index (χ3v) is 3.20. The lowest BCUT2D eigenvalue weighted by molar-refractivity contribution is -0.128. The summed E-state index contributed by atoms with van der Waals surface area (Å²) >= 11 is 0. The van der Waals surface area contributed by atoms with E-state index in [2.05, 4.69) is 0 Å². The Morgan fingerprint density at radius 3 is 2.39 bits per heavy atom. The second kappa shape index (κ2) is 4.88. The van der Waals surface area contributed by atoms with Gasteiger partial charge in [-0.05, 0) is 38.0 Å². The van der Waals surface area contributed by atoms with Crippen LogP contribution in [0.15, 0.2) is 23.8 Å². The Kier molecular flexibility index (Phi) is 3.45. The fourth-order valence-electron chi connectivity index (χ4n) is 2.31. The lowest BCUT2D eigenvalue weighted by Crippen LogP contribution is -2.33. The van der Waals surface area contributed by atoms with Crippen LogP contribution in [-0.2, 0) is 4.79 Å². The van der Waals surface area contributed by atoms with E-state index < -0.39 is 11.6 Å². The van der Waals surface area contributed by atoms with E-state index in [0.29, 0.717) is 25.1 Å². The Labute approximate surface area is 105 Å².